The predicted octanol–water partition coefficient (Wildman–Crippen LogP) is 4.51. The van der Waals surface area contributed by atoms with E-state index in [0.29, 0.717) is 46.7 Å². The van der Waals surface area contributed by atoms with E-state index < -0.39 is 11.8 Å². The fourth-order valence-corrected chi connectivity index (χ4v) is 3.86. The zero-order valence-electron chi connectivity index (χ0n) is 16.3. The molecule has 1 N–H and O–H groups in total. The van der Waals surface area contributed by atoms with E-state index in [9.17, 15) is 9.59 Å². The molecule has 2 heterocycles. The van der Waals surface area contributed by atoms with Gasteiger partial charge in [-0.15, -0.1) is 0 Å². The summed E-state index contributed by atoms with van der Waals surface area (Å²) in [4.78, 5) is 27.9. The summed E-state index contributed by atoms with van der Waals surface area (Å²) in [5, 5.41) is 3.44. The van der Waals surface area contributed by atoms with Crippen molar-refractivity contribution in [3.05, 3.63) is 89.1 Å². The molecule has 2 aliphatic rings. The molecule has 0 bridgehead atoms. The molecule has 0 saturated heterocycles. The van der Waals surface area contributed by atoms with Crippen molar-refractivity contribution in [3.8, 4) is 11.5 Å². The van der Waals surface area contributed by atoms with Gasteiger partial charge in [0, 0.05) is 11.8 Å². The van der Waals surface area contributed by atoms with Crippen LogP contribution in [0.3, 0.4) is 0 Å². The van der Waals surface area contributed by atoms with E-state index in [1.165, 1.54) is 0 Å². The second-order valence-corrected chi connectivity index (χ2v) is 7.40. The number of hydrogen-bond donors (Lipinski definition) is 1. The van der Waals surface area contributed by atoms with Gasteiger partial charge in [0.2, 0.25) is 0 Å². The number of halogens is 1. The molecule has 0 aliphatic carbocycles. The molecule has 0 unspecified atom stereocenters. The highest BCUT2D eigenvalue weighted by Crippen LogP contribution is 2.38. The number of fused-ring (bicyclic) bond motifs is 1. The Hall–Kier alpha value is -3.77. The number of anilines is 2. The number of nitrogens with zero attached hydrogens (tertiary/aromatic N) is 1. The number of nitrogens with one attached hydrogen (secondary N) is 1. The van der Waals surface area contributed by atoms with Gasteiger partial charge >= 0.3 is 0 Å². The lowest BCUT2D eigenvalue weighted by atomic mass is 10.0. The number of ether oxygens (including phenoxy) is 2. The van der Waals surface area contributed by atoms with Crippen molar-refractivity contribution in [1.82, 2.24) is 0 Å². The molecular formula is C24H17ClN2O4. The van der Waals surface area contributed by atoms with Gasteiger partial charge in [-0.2, -0.15) is 0 Å². The number of carbonyl (C=O) groups is 2. The zero-order valence-corrected chi connectivity index (χ0v) is 17.1. The van der Waals surface area contributed by atoms with Crippen LogP contribution in [0.25, 0.3) is 5.57 Å². The summed E-state index contributed by atoms with van der Waals surface area (Å²) in [6.45, 7) is 0.939. The Morgan fingerprint density at radius 1 is 0.806 bits per heavy atom. The van der Waals surface area contributed by atoms with Gasteiger partial charge in [0.25, 0.3) is 11.8 Å². The first-order chi connectivity index (χ1) is 15.1. The maximum atomic E-state index is 13.4. The standard InChI is InChI=1S/C24H17ClN2O4/c25-17-8-4-5-9-18(17)27-23(28)21(15-6-2-1-3-7-15)22(24(27)29)26-16-10-11-19-20(14-16)31-13-12-30-19/h1-11,14,26H,12-13H2. The van der Waals surface area contributed by atoms with E-state index in [2.05, 4.69) is 5.32 Å². The molecule has 0 radical (unpaired) electrons. The molecule has 0 atom stereocenters. The molecule has 154 valence electrons. The third-order valence-electron chi connectivity index (χ3n) is 5.05. The van der Waals surface area contributed by atoms with Crippen LogP contribution < -0.4 is 19.7 Å². The quantitative estimate of drug-likeness (QED) is 0.614. The van der Waals surface area contributed by atoms with Crippen molar-refractivity contribution in [2.24, 2.45) is 0 Å². The lowest BCUT2D eigenvalue weighted by Crippen LogP contribution is -2.32. The molecule has 0 spiro atoms. The van der Waals surface area contributed by atoms with E-state index in [0.717, 1.165) is 4.90 Å². The molecule has 31 heavy (non-hydrogen) atoms. The van der Waals surface area contributed by atoms with Crippen LogP contribution in [0, 0.1) is 0 Å². The summed E-state index contributed by atoms with van der Waals surface area (Å²) in [7, 11) is 0. The fraction of sp³-hybridized carbons (Fsp3) is 0.0833. The first-order valence-electron chi connectivity index (χ1n) is 9.73. The van der Waals surface area contributed by atoms with Crippen molar-refractivity contribution in [1.29, 1.82) is 0 Å². The SMILES string of the molecule is O=C1C(Nc2ccc3c(c2)OCCO3)=C(c2ccccc2)C(=O)N1c1ccccc1Cl. The highest BCUT2D eigenvalue weighted by atomic mass is 35.5. The first kappa shape index (κ1) is 19.2. The Bertz CT molecular complexity index is 1220. The van der Waals surface area contributed by atoms with Gasteiger partial charge in [-0.1, -0.05) is 54.1 Å². The summed E-state index contributed by atoms with van der Waals surface area (Å²) in [6.07, 6.45) is 0. The lowest BCUT2D eigenvalue weighted by molar-refractivity contribution is -0.120. The van der Waals surface area contributed by atoms with Crippen molar-refractivity contribution in [3.63, 3.8) is 0 Å². The summed E-state index contributed by atoms with van der Waals surface area (Å²) < 4.78 is 11.2. The maximum absolute atomic E-state index is 13.4. The first-order valence-corrected chi connectivity index (χ1v) is 10.1. The van der Waals surface area contributed by atoms with Crippen LogP contribution in [0.15, 0.2) is 78.5 Å². The second-order valence-electron chi connectivity index (χ2n) is 7.00. The highest BCUT2D eigenvalue weighted by molar-refractivity contribution is 6.48. The minimum atomic E-state index is -0.480. The Balaban J connectivity index is 1.59. The van der Waals surface area contributed by atoms with E-state index >= 15 is 0 Å². The maximum Gasteiger partial charge on any atom is 0.282 e. The van der Waals surface area contributed by atoms with Crippen molar-refractivity contribution in [2.75, 3.05) is 23.4 Å². The van der Waals surface area contributed by atoms with E-state index in [-0.39, 0.29) is 11.3 Å². The molecular weight excluding hydrogens is 416 g/mol. The highest BCUT2D eigenvalue weighted by Gasteiger charge is 2.41. The number of imide groups is 1. The monoisotopic (exact) mass is 432 g/mol. The number of amides is 2. The third kappa shape index (κ3) is 3.41. The van der Waals surface area contributed by atoms with Crippen LogP contribution >= 0.6 is 11.6 Å². The molecule has 0 fully saturated rings. The molecule has 7 heteroatoms. The summed E-state index contributed by atoms with van der Waals surface area (Å²) in [5.74, 6) is 0.301. The van der Waals surface area contributed by atoms with Crippen LogP contribution in [-0.4, -0.2) is 25.0 Å². The fourth-order valence-electron chi connectivity index (χ4n) is 3.64. The minimum absolute atomic E-state index is 0.174. The Kier molecular flexibility index (Phi) is 4.84. The lowest BCUT2D eigenvalue weighted by Gasteiger charge is -2.19. The van der Waals surface area contributed by atoms with Gasteiger partial charge < -0.3 is 14.8 Å². The van der Waals surface area contributed by atoms with Crippen LogP contribution in [0.1, 0.15) is 5.56 Å². The molecule has 2 amide bonds. The molecule has 3 aromatic rings. The van der Waals surface area contributed by atoms with Crippen molar-refractivity contribution >= 4 is 40.4 Å². The Morgan fingerprint density at radius 3 is 2.29 bits per heavy atom. The third-order valence-corrected chi connectivity index (χ3v) is 5.37. The molecule has 6 nitrogen and oxygen atoms in total. The second kappa shape index (κ2) is 7.81. The number of benzene rings is 3. The molecule has 5 rings (SSSR count). The predicted molar refractivity (Wildman–Crippen MR) is 118 cm³/mol. The van der Waals surface area contributed by atoms with Crippen molar-refractivity contribution < 1.29 is 19.1 Å². The van der Waals surface area contributed by atoms with Gasteiger partial charge in [0.1, 0.15) is 18.9 Å². The summed E-state index contributed by atoms with van der Waals surface area (Å²) in [6, 6.07) is 21.1. The van der Waals surface area contributed by atoms with Crippen LogP contribution in [0.4, 0.5) is 11.4 Å². The smallest absolute Gasteiger partial charge is 0.282 e. The van der Waals surface area contributed by atoms with E-state index in [4.69, 9.17) is 21.1 Å². The van der Waals surface area contributed by atoms with Gasteiger partial charge in [0.15, 0.2) is 11.5 Å². The number of hydrogen-bond acceptors (Lipinski definition) is 5. The topological polar surface area (TPSA) is 67.9 Å². The molecule has 0 aromatic heterocycles. The van der Waals surface area contributed by atoms with Crippen LogP contribution in [0.5, 0.6) is 11.5 Å². The minimum Gasteiger partial charge on any atom is -0.486 e. The number of rotatable bonds is 4. The zero-order chi connectivity index (χ0) is 21.4. The normalized spacial score (nSPS) is 15.5. The average molecular weight is 433 g/mol. The summed E-state index contributed by atoms with van der Waals surface area (Å²) >= 11 is 6.30. The van der Waals surface area contributed by atoms with Crippen molar-refractivity contribution in [2.45, 2.75) is 0 Å². The summed E-state index contributed by atoms with van der Waals surface area (Å²) in [5.41, 5.74) is 2.03. The van der Waals surface area contributed by atoms with Gasteiger partial charge in [-0.25, -0.2) is 4.90 Å². The van der Waals surface area contributed by atoms with Gasteiger partial charge in [0.05, 0.1) is 16.3 Å². The van der Waals surface area contributed by atoms with Crippen LogP contribution in [0.2, 0.25) is 5.02 Å². The average Bonchev–Trinajstić information content (AvgIpc) is 3.04. The largest absolute Gasteiger partial charge is 0.486 e. The van der Waals surface area contributed by atoms with E-state index in [1.54, 1.807) is 54.6 Å². The van der Waals surface area contributed by atoms with Crippen LogP contribution in [-0.2, 0) is 9.59 Å². The van der Waals surface area contributed by atoms with Gasteiger partial charge in [-0.3, -0.25) is 9.59 Å². The molecule has 0 saturated carbocycles. The number of para-hydroxylation sites is 1. The van der Waals surface area contributed by atoms with E-state index in [1.807, 2.05) is 18.2 Å². The Labute approximate surface area is 183 Å². The molecule has 3 aromatic carbocycles. The number of carbonyl (C=O) groups excluding carboxylic acids is 2. The van der Waals surface area contributed by atoms with Gasteiger partial charge in [-0.05, 0) is 29.8 Å². The molecule has 2 aliphatic heterocycles. The Morgan fingerprint density at radius 2 is 1.52 bits per heavy atom.